The molecule has 1 aromatic carbocycles. The second-order valence-electron chi connectivity index (χ2n) is 4.50. The number of primary sulfonamides is 1. The van der Waals surface area contributed by atoms with Crippen molar-refractivity contribution in [1.29, 1.82) is 0 Å². The van der Waals surface area contributed by atoms with Gasteiger partial charge in [0.2, 0.25) is 15.8 Å². The summed E-state index contributed by atoms with van der Waals surface area (Å²) in [5, 5.41) is 6.34. The number of carbonyl (C=O) groups is 2. The van der Waals surface area contributed by atoms with Crippen LogP contribution in [0.1, 0.15) is 27.7 Å². The largest absolute Gasteiger partial charge is 0.461 e. The van der Waals surface area contributed by atoms with Crippen LogP contribution in [-0.4, -0.2) is 20.2 Å². The normalized spacial score (nSPS) is 11.2. The van der Waals surface area contributed by atoms with Crippen LogP contribution >= 0.6 is 11.3 Å². The SMILES string of the molecule is CC(=O)OCc1ccc(C(=O)c2cc(S(N)(=O)=O)cs2)cc1. The number of ketones is 1. The fourth-order valence-corrected chi connectivity index (χ4v) is 3.44. The van der Waals surface area contributed by atoms with Crippen molar-refractivity contribution in [2.75, 3.05) is 0 Å². The molecule has 0 saturated heterocycles. The van der Waals surface area contributed by atoms with Gasteiger partial charge in [0.1, 0.15) is 6.61 Å². The van der Waals surface area contributed by atoms with Gasteiger partial charge < -0.3 is 4.74 Å². The maximum atomic E-state index is 12.3. The minimum Gasteiger partial charge on any atom is -0.461 e. The number of ether oxygens (including phenoxy) is 1. The lowest BCUT2D eigenvalue weighted by Crippen LogP contribution is -2.11. The van der Waals surface area contributed by atoms with Crippen molar-refractivity contribution in [1.82, 2.24) is 0 Å². The van der Waals surface area contributed by atoms with Crippen molar-refractivity contribution in [3.8, 4) is 0 Å². The van der Waals surface area contributed by atoms with Gasteiger partial charge in [-0.15, -0.1) is 11.3 Å². The van der Waals surface area contributed by atoms with Gasteiger partial charge in [0.15, 0.2) is 0 Å². The molecular weight excluding hydrogens is 326 g/mol. The molecule has 0 bridgehead atoms. The minimum atomic E-state index is -3.81. The molecule has 0 aliphatic rings. The Kier molecular flexibility index (Phi) is 4.74. The number of nitrogens with two attached hydrogens (primary N) is 1. The highest BCUT2D eigenvalue weighted by atomic mass is 32.2. The molecule has 22 heavy (non-hydrogen) atoms. The zero-order chi connectivity index (χ0) is 16.3. The summed E-state index contributed by atoms with van der Waals surface area (Å²) in [5.41, 5.74) is 1.16. The van der Waals surface area contributed by atoms with E-state index >= 15 is 0 Å². The highest BCUT2D eigenvalue weighted by Crippen LogP contribution is 2.21. The molecule has 2 N–H and O–H groups in total. The topological polar surface area (TPSA) is 104 Å². The number of thiophene rings is 1. The summed E-state index contributed by atoms with van der Waals surface area (Å²) in [6, 6.07) is 7.79. The fraction of sp³-hybridized carbons (Fsp3) is 0.143. The molecule has 116 valence electrons. The average molecular weight is 339 g/mol. The van der Waals surface area contributed by atoms with Gasteiger partial charge in [0.25, 0.3) is 0 Å². The van der Waals surface area contributed by atoms with Gasteiger partial charge in [-0.2, -0.15) is 0 Å². The molecule has 0 amide bonds. The van der Waals surface area contributed by atoms with Crippen molar-refractivity contribution in [2.45, 2.75) is 18.4 Å². The molecule has 2 rings (SSSR count). The Hall–Kier alpha value is -2.03. The first-order chi connectivity index (χ1) is 10.3. The molecule has 2 aromatic rings. The third-order valence-corrected chi connectivity index (χ3v) is 4.76. The number of rotatable bonds is 5. The molecule has 0 spiro atoms. The quantitative estimate of drug-likeness (QED) is 0.659. The van der Waals surface area contributed by atoms with Crippen LogP contribution in [0.15, 0.2) is 40.6 Å². The summed E-state index contributed by atoms with van der Waals surface area (Å²) < 4.78 is 27.3. The molecular formula is C14H13NO5S2. The van der Waals surface area contributed by atoms with E-state index in [1.54, 1.807) is 24.3 Å². The number of esters is 1. The molecule has 0 atom stereocenters. The van der Waals surface area contributed by atoms with Crippen LogP contribution in [-0.2, 0) is 26.2 Å². The zero-order valence-corrected chi connectivity index (χ0v) is 13.2. The van der Waals surface area contributed by atoms with Gasteiger partial charge in [0.05, 0.1) is 9.77 Å². The van der Waals surface area contributed by atoms with Crippen LogP contribution < -0.4 is 5.14 Å². The van der Waals surface area contributed by atoms with E-state index in [1.165, 1.54) is 18.4 Å². The van der Waals surface area contributed by atoms with Crippen molar-refractivity contribution >= 4 is 33.1 Å². The molecule has 1 heterocycles. The number of benzene rings is 1. The van der Waals surface area contributed by atoms with E-state index in [9.17, 15) is 18.0 Å². The standard InChI is InChI=1S/C14H13NO5S2/c1-9(16)20-7-10-2-4-11(5-3-10)14(17)13-6-12(8-21-13)22(15,18)19/h2-6,8H,7H2,1H3,(H2,15,18,19). The van der Waals surface area contributed by atoms with Crippen LogP contribution in [0.5, 0.6) is 0 Å². The van der Waals surface area contributed by atoms with Gasteiger partial charge in [-0.25, -0.2) is 13.6 Å². The first kappa shape index (κ1) is 16.3. The Morgan fingerprint density at radius 2 is 1.86 bits per heavy atom. The first-order valence-corrected chi connectivity index (χ1v) is 8.58. The van der Waals surface area contributed by atoms with E-state index in [2.05, 4.69) is 0 Å². The van der Waals surface area contributed by atoms with Crippen LogP contribution in [0.2, 0.25) is 0 Å². The third kappa shape index (κ3) is 4.00. The number of hydrogen-bond acceptors (Lipinski definition) is 6. The fourth-order valence-electron chi connectivity index (χ4n) is 1.67. The molecule has 0 fully saturated rings. The number of carbonyl (C=O) groups excluding carboxylic acids is 2. The Morgan fingerprint density at radius 3 is 2.36 bits per heavy atom. The van der Waals surface area contributed by atoms with Gasteiger partial charge >= 0.3 is 5.97 Å². The Balaban J connectivity index is 2.16. The van der Waals surface area contributed by atoms with E-state index < -0.39 is 10.0 Å². The van der Waals surface area contributed by atoms with Crippen LogP contribution in [0.4, 0.5) is 0 Å². The van der Waals surface area contributed by atoms with Crippen molar-refractivity contribution < 1.29 is 22.7 Å². The summed E-state index contributed by atoms with van der Waals surface area (Å²) in [6.07, 6.45) is 0. The molecule has 1 aromatic heterocycles. The molecule has 0 aliphatic carbocycles. The first-order valence-electron chi connectivity index (χ1n) is 6.15. The summed E-state index contributed by atoms with van der Waals surface area (Å²) in [5.74, 6) is -0.673. The summed E-state index contributed by atoms with van der Waals surface area (Å²) in [6.45, 7) is 1.45. The number of sulfonamides is 1. The molecule has 8 heteroatoms. The molecule has 0 aliphatic heterocycles. The predicted molar refractivity (Wildman–Crippen MR) is 81.0 cm³/mol. The second-order valence-corrected chi connectivity index (χ2v) is 6.97. The van der Waals surface area contributed by atoms with E-state index in [4.69, 9.17) is 9.88 Å². The third-order valence-electron chi connectivity index (χ3n) is 2.79. The lowest BCUT2D eigenvalue weighted by Gasteiger charge is -2.03. The molecule has 0 radical (unpaired) electrons. The molecule has 0 unspecified atom stereocenters. The average Bonchev–Trinajstić information content (AvgIpc) is 2.94. The van der Waals surface area contributed by atoms with E-state index in [0.29, 0.717) is 5.56 Å². The molecule has 0 saturated carbocycles. The van der Waals surface area contributed by atoms with Crippen LogP contribution in [0, 0.1) is 0 Å². The summed E-state index contributed by atoms with van der Waals surface area (Å²) in [4.78, 5) is 23.2. The maximum absolute atomic E-state index is 12.3. The van der Waals surface area contributed by atoms with Crippen molar-refractivity contribution in [3.63, 3.8) is 0 Å². The van der Waals surface area contributed by atoms with Gasteiger partial charge in [-0.3, -0.25) is 9.59 Å². The van der Waals surface area contributed by atoms with Crippen LogP contribution in [0.25, 0.3) is 0 Å². The van der Waals surface area contributed by atoms with E-state index in [-0.39, 0.29) is 28.1 Å². The Bertz CT molecular complexity index is 806. The zero-order valence-electron chi connectivity index (χ0n) is 11.6. The predicted octanol–water partition coefficient (Wildman–Crippen LogP) is 1.69. The lowest BCUT2D eigenvalue weighted by molar-refractivity contribution is -0.142. The monoisotopic (exact) mass is 339 g/mol. The maximum Gasteiger partial charge on any atom is 0.302 e. The summed E-state index contributed by atoms with van der Waals surface area (Å²) >= 11 is 1.02. The Labute approximate surface area is 131 Å². The lowest BCUT2D eigenvalue weighted by atomic mass is 10.1. The van der Waals surface area contributed by atoms with Gasteiger partial charge in [-0.05, 0) is 11.6 Å². The molecule has 6 nitrogen and oxygen atoms in total. The van der Waals surface area contributed by atoms with Gasteiger partial charge in [0, 0.05) is 17.9 Å². The highest BCUT2D eigenvalue weighted by Gasteiger charge is 2.16. The second kappa shape index (κ2) is 6.39. The van der Waals surface area contributed by atoms with Crippen molar-refractivity contribution in [3.05, 3.63) is 51.7 Å². The summed E-state index contributed by atoms with van der Waals surface area (Å²) in [7, 11) is -3.81. The minimum absolute atomic E-state index is 0.0765. The van der Waals surface area contributed by atoms with Crippen molar-refractivity contribution in [2.24, 2.45) is 5.14 Å². The highest BCUT2D eigenvalue weighted by molar-refractivity contribution is 7.89. The van der Waals surface area contributed by atoms with E-state index in [1.807, 2.05) is 0 Å². The Morgan fingerprint density at radius 1 is 1.23 bits per heavy atom. The van der Waals surface area contributed by atoms with E-state index in [0.717, 1.165) is 16.9 Å². The van der Waals surface area contributed by atoms with Crippen LogP contribution in [0.3, 0.4) is 0 Å². The number of hydrogen-bond donors (Lipinski definition) is 1. The smallest absolute Gasteiger partial charge is 0.302 e. The van der Waals surface area contributed by atoms with Gasteiger partial charge in [-0.1, -0.05) is 24.3 Å².